The molecule has 0 saturated heterocycles. The molecule has 0 fully saturated rings. The maximum Gasteiger partial charge on any atom is 0.348 e. The monoisotopic (exact) mass is 237 g/mol. The second-order valence-electron chi connectivity index (χ2n) is 4.45. The highest BCUT2D eigenvalue weighted by Gasteiger charge is 2.43. The molecule has 0 saturated carbocycles. The Hall–Kier alpha value is -1.24. The summed E-state index contributed by atoms with van der Waals surface area (Å²) in [6.45, 7) is 5.59. The van der Waals surface area contributed by atoms with Gasteiger partial charge in [0.15, 0.2) is 0 Å². The van der Waals surface area contributed by atoms with Crippen molar-refractivity contribution in [2.75, 3.05) is 0 Å². The third kappa shape index (κ3) is 4.52. The van der Waals surface area contributed by atoms with E-state index < -0.39 is 34.8 Å². The fourth-order valence-corrected chi connectivity index (χ4v) is 1.03. The summed E-state index contributed by atoms with van der Waals surface area (Å²) in [6, 6.07) is -2.00. The van der Waals surface area contributed by atoms with Gasteiger partial charge in [0.1, 0.15) is 11.7 Å². The number of ether oxygens (including phenoxy) is 1. The van der Waals surface area contributed by atoms with Gasteiger partial charge in [-0.05, 0) is 27.7 Å². The number of carbonyl (C=O) groups is 1. The number of nitro groups is 1. The highest BCUT2D eigenvalue weighted by molar-refractivity contribution is 5.75. The van der Waals surface area contributed by atoms with Crippen LogP contribution in [0.15, 0.2) is 0 Å². The van der Waals surface area contributed by atoms with E-state index in [0.29, 0.717) is 0 Å². The molecule has 0 spiro atoms. The fourth-order valence-electron chi connectivity index (χ4n) is 1.03. The molecule has 1 N–H and O–H groups in total. The normalized spacial score (nSPS) is 17.4. The molecule has 0 aliphatic heterocycles. The lowest BCUT2D eigenvalue weighted by Gasteiger charge is -2.22. The van der Waals surface area contributed by atoms with Crippen molar-refractivity contribution in [3.63, 3.8) is 0 Å². The lowest BCUT2D eigenvalue weighted by atomic mass is 10.1. The van der Waals surface area contributed by atoms with Gasteiger partial charge in [0, 0.05) is 4.92 Å². The number of hydrogen-bond acceptors (Lipinski definition) is 5. The molecule has 0 aromatic heterocycles. The molecular weight excluding hydrogens is 221 g/mol. The van der Waals surface area contributed by atoms with Crippen molar-refractivity contribution in [2.45, 2.75) is 51.6 Å². The quantitative estimate of drug-likeness (QED) is 0.441. The van der Waals surface area contributed by atoms with Gasteiger partial charge in [-0.15, -0.1) is 0 Å². The van der Waals surface area contributed by atoms with Gasteiger partial charge in [0.25, 0.3) is 12.2 Å². The van der Waals surface area contributed by atoms with Crippen molar-refractivity contribution in [2.24, 2.45) is 0 Å². The first-order valence-corrected chi connectivity index (χ1v) is 4.74. The molecule has 6 nitrogen and oxygen atoms in total. The molecule has 0 amide bonds. The Bertz CT molecular complexity index is 274. The number of aliphatic hydroxyl groups is 1. The number of rotatable bonds is 4. The van der Waals surface area contributed by atoms with Crippen LogP contribution in [0.5, 0.6) is 0 Å². The maximum atomic E-state index is 13.4. The molecule has 0 rings (SSSR count). The van der Waals surface area contributed by atoms with Gasteiger partial charge < -0.3 is 9.84 Å². The van der Waals surface area contributed by atoms with Gasteiger partial charge in [0.2, 0.25) is 0 Å². The van der Waals surface area contributed by atoms with Gasteiger partial charge in [0.05, 0.1) is 0 Å². The molecule has 0 radical (unpaired) electrons. The van der Waals surface area contributed by atoms with E-state index in [1.165, 1.54) is 20.8 Å². The molecule has 94 valence electrons. The number of nitrogens with zero attached hydrogens (tertiary/aromatic N) is 1. The Morgan fingerprint density at radius 2 is 1.94 bits per heavy atom. The Morgan fingerprint density at radius 1 is 1.50 bits per heavy atom. The number of carbonyl (C=O) groups excluding carboxylic acids is 1. The van der Waals surface area contributed by atoms with Gasteiger partial charge in [-0.3, -0.25) is 10.1 Å². The van der Waals surface area contributed by atoms with Crippen LogP contribution in [0.25, 0.3) is 0 Å². The standard InChI is InChI=1S/C9H16FNO5/c1-5(12)7(11(14)15)6(10)8(13)16-9(2,3)4/h5-7,12H,1-4H3. The Kier molecular flexibility index (Phi) is 4.80. The van der Waals surface area contributed by atoms with Crippen LogP contribution in [0.4, 0.5) is 4.39 Å². The fraction of sp³-hybridized carbons (Fsp3) is 0.889. The summed E-state index contributed by atoms with van der Waals surface area (Å²) in [5, 5.41) is 19.5. The van der Waals surface area contributed by atoms with Gasteiger partial charge in [-0.25, -0.2) is 9.18 Å². The third-order valence-electron chi connectivity index (χ3n) is 1.67. The summed E-state index contributed by atoms with van der Waals surface area (Å²) >= 11 is 0. The molecule has 0 heterocycles. The van der Waals surface area contributed by atoms with Crippen molar-refractivity contribution in [3.05, 3.63) is 10.1 Å². The summed E-state index contributed by atoms with van der Waals surface area (Å²) in [6.07, 6.45) is -4.05. The van der Waals surface area contributed by atoms with Crippen LogP contribution in [-0.4, -0.2) is 39.9 Å². The molecule has 3 atom stereocenters. The SMILES string of the molecule is CC(O)C(C(F)C(=O)OC(C)(C)C)[N+](=O)[O-]. The van der Waals surface area contributed by atoms with E-state index in [4.69, 9.17) is 5.11 Å². The molecule has 0 aliphatic rings. The van der Waals surface area contributed by atoms with Gasteiger partial charge in [-0.1, -0.05) is 0 Å². The average Bonchev–Trinajstić information content (AvgIpc) is 1.98. The van der Waals surface area contributed by atoms with E-state index in [9.17, 15) is 19.3 Å². The third-order valence-corrected chi connectivity index (χ3v) is 1.67. The molecular formula is C9H16FNO5. The van der Waals surface area contributed by atoms with E-state index in [1.807, 2.05) is 0 Å². The molecule has 3 unspecified atom stereocenters. The summed E-state index contributed by atoms with van der Waals surface area (Å²) in [7, 11) is 0. The van der Waals surface area contributed by atoms with Gasteiger partial charge >= 0.3 is 5.97 Å². The predicted molar refractivity (Wildman–Crippen MR) is 53.2 cm³/mol. The van der Waals surface area contributed by atoms with Crippen LogP contribution in [0.2, 0.25) is 0 Å². The maximum absolute atomic E-state index is 13.4. The average molecular weight is 237 g/mol. The van der Waals surface area contributed by atoms with Crippen LogP contribution < -0.4 is 0 Å². The Labute approximate surface area is 92.5 Å². The van der Waals surface area contributed by atoms with Crippen molar-refractivity contribution in [3.8, 4) is 0 Å². The topological polar surface area (TPSA) is 89.7 Å². The number of halogens is 1. The number of alkyl halides is 1. The van der Waals surface area contributed by atoms with E-state index in [1.54, 1.807) is 0 Å². The lowest BCUT2D eigenvalue weighted by molar-refractivity contribution is -0.539. The van der Waals surface area contributed by atoms with Crippen LogP contribution in [0.1, 0.15) is 27.7 Å². The number of esters is 1. The zero-order chi connectivity index (χ0) is 13.1. The van der Waals surface area contributed by atoms with Crippen molar-refractivity contribution < 1.29 is 24.0 Å². The lowest BCUT2D eigenvalue weighted by Crippen LogP contribution is -2.46. The van der Waals surface area contributed by atoms with E-state index in [0.717, 1.165) is 6.92 Å². The Balaban J connectivity index is 4.69. The van der Waals surface area contributed by atoms with E-state index in [-0.39, 0.29) is 0 Å². The first kappa shape index (κ1) is 14.8. The largest absolute Gasteiger partial charge is 0.458 e. The van der Waals surface area contributed by atoms with Crippen molar-refractivity contribution >= 4 is 5.97 Å². The van der Waals surface area contributed by atoms with Crippen LogP contribution in [0, 0.1) is 10.1 Å². The van der Waals surface area contributed by atoms with E-state index in [2.05, 4.69) is 4.74 Å². The first-order valence-electron chi connectivity index (χ1n) is 4.74. The second-order valence-corrected chi connectivity index (χ2v) is 4.45. The number of hydrogen-bond donors (Lipinski definition) is 1. The first-order chi connectivity index (χ1) is 7.06. The highest BCUT2D eigenvalue weighted by atomic mass is 19.1. The molecule has 0 bridgehead atoms. The van der Waals surface area contributed by atoms with Crippen LogP contribution >= 0.6 is 0 Å². The minimum Gasteiger partial charge on any atom is -0.458 e. The molecule has 16 heavy (non-hydrogen) atoms. The highest BCUT2D eigenvalue weighted by Crippen LogP contribution is 2.15. The molecule has 0 aromatic rings. The predicted octanol–water partition coefficient (Wildman–Crippen LogP) is 0.692. The zero-order valence-corrected chi connectivity index (χ0v) is 9.64. The van der Waals surface area contributed by atoms with Crippen molar-refractivity contribution in [1.82, 2.24) is 0 Å². The minimum atomic E-state index is -2.48. The summed E-state index contributed by atoms with van der Waals surface area (Å²) in [5.74, 6) is -1.34. The minimum absolute atomic E-state index is 0.929. The molecule has 7 heteroatoms. The van der Waals surface area contributed by atoms with Crippen LogP contribution in [-0.2, 0) is 9.53 Å². The number of aliphatic hydroxyl groups excluding tert-OH is 1. The molecule has 0 aromatic carbocycles. The second kappa shape index (κ2) is 5.20. The van der Waals surface area contributed by atoms with Crippen LogP contribution in [0.3, 0.4) is 0 Å². The Morgan fingerprint density at radius 3 is 2.19 bits per heavy atom. The summed E-state index contributed by atoms with van der Waals surface area (Å²) in [5.41, 5.74) is -0.929. The summed E-state index contributed by atoms with van der Waals surface area (Å²) in [4.78, 5) is 20.6. The zero-order valence-electron chi connectivity index (χ0n) is 9.64. The van der Waals surface area contributed by atoms with Gasteiger partial charge in [-0.2, -0.15) is 0 Å². The molecule has 0 aliphatic carbocycles. The summed E-state index contributed by atoms with van der Waals surface area (Å²) < 4.78 is 18.1. The van der Waals surface area contributed by atoms with E-state index >= 15 is 0 Å². The van der Waals surface area contributed by atoms with Crippen molar-refractivity contribution in [1.29, 1.82) is 0 Å². The smallest absolute Gasteiger partial charge is 0.348 e.